The Morgan fingerprint density at radius 2 is 1.93 bits per heavy atom. The lowest BCUT2D eigenvalue weighted by Gasteiger charge is -2.18. The summed E-state index contributed by atoms with van der Waals surface area (Å²) in [5, 5.41) is -0.423. The first kappa shape index (κ1) is 11.8. The van der Waals surface area contributed by atoms with Crippen molar-refractivity contribution in [2.75, 3.05) is 6.61 Å². The molecule has 1 aliphatic carbocycles. The summed E-state index contributed by atoms with van der Waals surface area (Å²) in [6.45, 7) is 2.24. The molecule has 0 amide bonds. The smallest absolute Gasteiger partial charge is 0.324 e. The molecule has 82 valence electrons. The Labute approximate surface area is 91.0 Å². The van der Waals surface area contributed by atoms with Gasteiger partial charge in [-0.3, -0.25) is 4.79 Å². The fourth-order valence-corrected chi connectivity index (χ4v) is 2.33. The zero-order chi connectivity index (χ0) is 10.4. The van der Waals surface area contributed by atoms with Crippen LogP contribution in [0.15, 0.2) is 0 Å². The van der Waals surface area contributed by atoms with E-state index in [1.807, 2.05) is 6.92 Å². The van der Waals surface area contributed by atoms with Crippen LogP contribution in [0.2, 0.25) is 0 Å². The third-order valence-electron chi connectivity index (χ3n) is 2.83. The standard InChI is InChI=1S/C11H19ClO2/c1-2-14-11(13)10(12)9-7-5-3-4-6-8-9/h9-10H,2-8H2,1H3. The van der Waals surface area contributed by atoms with Gasteiger partial charge >= 0.3 is 5.97 Å². The maximum absolute atomic E-state index is 11.4. The average molecular weight is 219 g/mol. The van der Waals surface area contributed by atoms with E-state index in [1.165, 1.54) is 25.7 Å². The maximum Gasteiger partial charge on any atom is 0.324 e. The van der Waals surface area contributed by atoms with Gasteiger partial charge in [-0.25, -0.2) is 0 Å². The van der Waals surface area contributed by atoms with Crippen molar-refractivity contribution in [1.82, 2.24) is 0 Å². The van der Waals surface area contributed by atoms with E-state index < -0.39 is 5.38 Å². The highest BCUT2D eigenvalue weighted by molar-refractivity contribution is 6.30. The summed E-state index contributed by atoms with van der Waals surface area (Å²) < 4.78 is 4.93. The average Bonchev–Trinajstić information content (AvgIpc) is 2.45. The minimum Gasteiger partial charge on any atom is -0.465 e. The molecule has 0 aliphatic heterocycles. The zero-order valence-corrected chi connectivity index (χ0v) is 9.55. The second-order valence-electron chi connectivity index (χ2n) is 3.91. The number of carbonyl (C=O) groups excluding carboxylic acids is 1. The van der Waals surface area contributed by atoms with Crippen LogP contribution in [-0.4, -0.2) is 18.0 Å². The van der Waals surface area contributed by atoms with Crippen LogP contribution in [0.5, 0.6) is 0 Å². The molecular weight excluding hydrogens is 200 g/mol. The fraction of sp³-hybridized carbons (Fsp3) is 0.909. The third kappa shape index (κ3) is 3.49. The van der Waals surface area contributed by atoms with Gasteiger partial charge in [-0.1, -0.05) is 25.7 Å². The highest BCUT2D eigenvalue weighted by Crippen LogP contribution is 2.28. The van der Waals surface area contributed by atoms with E-state index >= 15 is 0 Å². The van der Waals surface area contributed by atoms with E-state index in [-0.39, 0.29) is 5.97 Å². The van der Waals surface area contributed by atoms with Crippen molar-refractivity contribution in [1.29, 1.82) is 0 Å². The lowest BCUT2D eigenvalue weighted by molar-refractivity contribution is -0.143. The first-order chi connectivity index (χ1) is 6.75. The van der Waals surface area contributed by atoms with Crippen molar-refractivity contribution in [3.63, 3.8) is 0 Å². The number of rotatable bonds is 3. The number of carbonyl (C=O) groups is 1. The Kier molecular flexibility index (Phi) is 5.31. The van der Waals surface area contributed by atoms with Crippen LogP contribution in [0.4, 0.5) is 0 Å². The maximum atomic E-state index is 11.4. The van der Waals surface area contributed by atoms with Gasteiger partial charge in [0.2, 0.25) is 0 Å². The number of alkyl halides is 1. The van der Waals surface area contributed by atoms with E-state index in [9.17, 15) is 4.79 Å². The van der Waals surface area contributed by atoms with Gasteiger partial charge in [0.15, 0.2) is 0 Å². The molecule has 1 aliphatic rings. The van der Waals surface area contributed by atoms with Gasteiger partial charge in [-0.15, -0.1) is 11.6 Å². The Morgan fingerprint density at radius 1 is 1.36 bits per heavy atom. The van der Waals surface area contributed by atoms with Gasteiger partial charge in [-0.2, -0.15) is 0 Å². The first-order valence-corrected chi connectivity index (χ1v) is 6.00. The third-order valence-corrected chi connectivity index (χ3v) is 3.36. The highest BCUT2D eigenvalue weighted by Gasteiger charge is 2.27. The summed E-state index contributed by atoms with van der Waals surface area (Å²) in [6, 6.07) is 0. The van der Waals surface area contributed by atoms with Crippen LogP contribution in [0.25, 0.3) is 0 Å². The molecule has 0 aromatic heterocycles. The molecule has 14 heavy (non-hydrogen) atoms. The largest absolute Gasteiger partial charge is 0.465 e. The quantitative estimate of drug-likeness (QED) is 0.413. The van der Waals surface area contributed by atoms with Crippen molar-refractivity contribution in [3.05, 3.63) is 0 Å². The van der Waals surface area contributed by atoms with Gasteiger partial charge in [0, 0.05) is 0 Å². The van der Waals surface area contributed by atoms with Crippen LogP contribution in [0.1, 0.15) is 45.4 Å². The van der Waals surface area contributed by atoms with E-state index in [1.54, 1.807) is 0 Å². The van der Waals surface area contributed by atoms with Crippen LogP contribution >= 0.6 is 11.6 Å². The highest BCUT2D eigenvalue weighted by atomic mass is 35.5. The van der Waals surface area contributed by atoms with Crippen LogP contribution in [0.3, 0.4) is 0 Å². The second-order valence-corrected chi connectivity index (χ2v) is 4.38. The topological polar surface area (TPSA) is 26.3 Å². The van der Waals surface area contributed by atoms with Gasteiger partial charge in [0.05, 0.1) is 6.61 Å². The normalized spacial score (nSPS) is 21.3. The molecule has 0 N–H and O–H groups in total. The molecule has 0 aromatic carbocycles. The Balaban J connectivity index is 2.40. The number of halogens is 1. The number of esters is 1. The van der Waals surface area contributed by atoms with Gasteiger partial charge in [-0.05, 0) is 25.7 Å². The van der Waals surface area contributed by atoms with Gasteiger partial charge in [0.1, 0.15) is 5.38 Å². The molecular formula is C11H19ClO2. The van der Waals surface area contributed by atoms with E-state index in [0.717, 1.165) is 12.8 Å². The molecule has 0 aromatic rings. The molecule has 0 heterocycles. The summed E-state index contributed by atoms with van der Waals surface area (Å²) in [5.74, 6) is 0.0966. The molecule has 0 spiro atoms. The number of hydrogen-bond acceptors (Lipinski definition) is 2. The molecule has 1 fully saturated rings. The monoisotopic (exact) mass is 218 g/mol. The number of ether oxygens (including phenoxy) is 1. The van der Waals surface area contributed by atoms with Gasteiger partial charge in [0.25, 0.3) is 0 Å². The van der Waals surface area contributed by atoms with Crippen molar-refractivity contribution < 1.29 is 9.53 Å². The molecule has 1 unspecified atom stereocenters. The molecule has 0 saturated heterocycles. The second kappa shape index (κ2) is 6.28. The summed E-state index contributed by atoms with van der Waals surface area (Å²) in [4.78, 5) is 11.4. The zero-order valence-electron chi connectivity index (χ0n) is 8.80. The van der Waals surface area contributed by atoms with Crippen LogP contribution in [-0.2, 0) is 9.53 Å². The van der Waals surface area contributed by atoms with E-state index in [0.29, 0.717) is 12.5 Å². The summed E-state index contributed by atoms with van der Waals surface area (Å²) in [5.41, 5.74) is 0. The fourth-order valence-electron chi connectivity index (χ4n) is 2.02. The van der Waals surface area contributed by atoms with Crippen molar-refractivity contribution in [2.24, 2.45) is 5.92 Å². The summed E-state index contributed by atoms with van der Waals surface area (Å²) in [6.07, 6.45) is 7.12. The molecule has 0 radical (unpaired) electrons. The summed E-state index contributed by atoms with van der Waals surface area (Å²) in [7, 11) is 0. The van der Waals surface area contributed by atoms with Crippen LogP contribution in [0, 0.1) is 5.92 Å². The van der Waals surface area contributed by atoms with Gasteiger partial charge < -0.3 is 4.74 Å². The lowest BCUT2D eigenvalue weighted by Crippen LogP contribution is -2.26. The molecule has 0 bridgehead atoms. The van der Waals surface area contributed by atoms with Crippen LogP contribution < -0.4 is 0 Å². The summed E-state index contributed by atoms with van der Waals surface area (Å²) >= 11 is 6.09. The Bertz CT molecular complexity index is 174. The predicted octanol–water partition coefficient (Wildman–Crippen LogP) is 3.13. The predicted molar refractivity (Wildman–Crippen MR) is 57.5 cm³/mol. The Hall–Kier alpha value is -0.240. The minimum atomic E-state index is -0.423. The lowest BCUT2D eigenvalue weighted by atomic mass is 9.96. The molecule has 1 rings (SSSR count). The molecule has 1 saturated carbocycles. The van der Waals surface area contributed by atoms with Crippen molar-refractivity contribution >= 4 is 17.6 Å². The Morgan fingerprint density at radius 3 is 2.43 bits per heavy atom. The van der Waals surface area contributed by atoms with E-state index in [4.69, 9.17) is 16.3 Å². The SMILES string of the molecule is CCOC(=O)C(Cl)C1CCCCCC1. The van der Waals surface area contributed by atoms with E-state index in [2.05, 4.69) is 0 Å². The minimum absolute atomic E-state index is 0.235. The number of hydrogen-bond donors (Lipinski definition) is 0. The molecule has 3 heteroatoms. The molecule has 2 nitrogen and oxygen atoms in total. The molecule has 1 atom stereocenters. The first-order valence-electron chi connectivity index (χ1n) is 5.56. The van der Waals surface area contributed by atoms with Crippen molar-refractivity contribution in [2.45, 2.75) is 50.8 Å². The van der Waals surface area contributed by atoms with Crippen molar-refractivity contribution in [3.8, 4) is 0 Å².